The van der Waals surface area contributed by atoms with Gasteiger partial charge in [0.1, 0.15) is 5.82 Å². The van der Waals surface area contributed by atoms with Crippen molar-refractivity contribution in [3.8, 4) is 0 Å². The van der Waals surface area contributed by atoms with Crippen LogP contribution in [0.3, 0.4) is 0 Å². The highest BCUT2D eigenvalue weighted by atomic mass is 35.5. The number of fused-ring (bicyclic) bond motifs is 1. The number of aromatic nitrogens is 3. The maximum absolute atomic E-state index is 6.07. The van der Waals surface area contributed by atoms with E-state index in [2.05, 4.69) is 46.6 Å². The lowest BCUT2D eigenvalue weighted by Gasteiger charge is -2.16. The van der Waals surface area contributed by atoms with Crippen LogP contribution in [0.4, 0.5) is 0 Å². The summed E-state index contributed by atoms with van der Waals surface area (Å²) in [5, 5.41) is 0. The lowest BCUT2D eigenvalue weighted by Crippen LogP contribution is -2.11. The van der Waals surface area contributed by atoms with E-state index in [1.807, 2.05) is 24.4 Å². The third kappa shape index (κ3) is 2.18. The lowest BCUT2D eigenvalue weighted by molar-refractivity contribution is 0.616. The second-order valence-corrected chi connectivity index (χ2v) is 5.22. The summed E-state index contributed by atoms with van der Waals surface area (Å²) in [7, 11) is 0. The van der Waals surface area contributed by atoms with Gasteiger partial charge in [0, 0.05) is 6.20 Å². The second-order valence-electron chi connectivity index (χ2n) is 4.95. The Hall–Kier alpha value is -1.87. The molecule has 0 bridgehead atoms. The molecule has 0 radical (unpaired) electrons. The largest absolute Gasteiger partial charge is 0.318 e. The van der Waals surface area contributed by atoms with E-state index in [0.29, 0.717) is 5.88 Å². The number of hydrogen-bond acceptors (Lipinski definition) is 2. The van der Waals surface area contributed by atoms with Crippen LogP contribution in [0, 0.1) is 6.92 Å². The van der Waals surface area contributed by atoms with Crippen molar-refractivity contribution in [2.24, 2.45) is 0 Å². The zero-order valence-electron chi connectivity index (χ0n) is 11.5. The Morgan fingerprint density at radius 1 is 1.25 bits per heavy atom. The van der Waals surface area contributed by atoms with Crippen LogP contribution in [-0.2, 0) is 5.88 Å². The monoisotopic (exact) mass is 285 g/mol. The highest BCUT2D eigenvalue weighted by Gasteiger charge is 2.17. The van der Waals surface area contributed by atoms with Crippen LogP contribution in [0.5, 0.6) is 0 Å². The number of nitrogens with zero attached hydrogens (tertiary/aromatic N) is 3. The summed E-state index contributed by atoms with van der Waals surface area (Å²) in [5.74, 6) is 1.27. The van der Waals surface area contributed by atoms with Crippen LogP contribution < -0.4 is 0 Å². The Balaban J connectivity index is 2.19. The standard InChI is InChI=1S/C16H16ClN3/c1-11-6-7-15-14(9-11)19-16(10-17)20(15)12(2)13-5-3-4-8-18-13/h3-9,12H,10H2,1-2H3. The molecule has 102 valence electrons. The van der Waals surface area contributed by atoms with E-state index in [-0.39, 0.29) is 6.04 Å². The highest BCUT2D eigenvalue weighted by molar-refractivity contribution is 6.16. The van der Waals surface area contributed by atoms with E-state index < -0.39 is 0 Å². The Labute approximate surface area is 123 Å². The summed E-state index contributed by atoms with van der Waals surface area (Å²) < 4.78 is 2.17. The molecular weight excluding hydrogens is 270 g/mol. The molecule has 0 aliphatic heterocycles. The summed E-state index contributed by atoms with van der Waals surface area (Å²) in [4.78, 5) is 9.08. The van der Waals surface area contributed by atoms with Gasteiger partial charge < -0.3 is 4.57 Å². The normalized spacial score (nSPS) is 12.8. The lowest BCUT2D eigenvalue weighted by atomic mass is 10.2. The summed E-state index contributed by atoms with van der Waals surface area (Å²) in [5.41, 5.74) is 4.31. The van der Waals surface area contributed by atoms with Gasteiger partial charge in [0.25, 0.3) is 0 Å². The van der Waals surface area contributed by atoms with E-state index in [0.717, 1.165) is 22.6 Å². The molecule has 0 saturated carbocycles. The molecule has 2 aromatic heterocycles. The fraction of sp³-hybridized carbons (Fsp3) is 0.250. The molecule has 0 aliphatic carbocycles. The maximum atomic E-state index is 6.07. The fourth-order valence-electron chi connectivity index (χ4n) is 2.54. The molecule has 3 rings (SSSR count). The Kier molecular flexibility index (Phi) is 3.45. The number of alkyl halides is 1. The predicted octanol–water partition coefficient (Wildman–Crippen LogP) is 4.09. The smallest absolute Gasteiger partial charge is 0.125 e. The molecule has 2 heterocycles. The van der Waals surface area contributed by atoms with E-state index in [9.17, 15) is 0 Å². The molecule has 0 amide bonds. The van der Waals surface area contributed by atoms with Crippen molar-refractivity contribution in [3.63, 3.8) is 0 Å². The number of aryl methyl sites for hydroxylation is 1. The molecule has 0 aliphatic rings. The van der Waals surface area contributed by atoms with Gasteiger partial charge in [-0.3, -0.25) is 4.98 Å². The number of pyridine rings is 1. The van der Waals surface area contributed by atoms with Crippen LogP contribution in [0.15, 0.2) is 42.6 Å². The Morgan fingerprint density at radius 3 is 2.80 bits per heavy atom. The van der Waals surface area contributed by atoms with Crippen LogP contribution in [-0.4, -0.2) is 14.5 Å². The van der Waals surface area contributed by atoms with Crippen molar-refractivity contribution in [2.45, 2.75) is 25.8 Å². The highest BCUT2D eigenvalue weighted by Crippen LogP contribution is 2.26. The van der Waals surface area contributed by atoms with Crippen molar-refractivity contribution in [1.82, 2.24) is 14.5 Å². The first-order valence-electron chi connectivity index (χ1n) is 6.65. The van der Waals surface area contributed by atoms with Gasteiger partial charge >= 0.3 is 0 Å². The van der Waals surface area contributed by atoms with Crippen LogP contribution in [0.25, 0.3) is 11.0 Å². The number of hydrogen-bond donors (Lipinski definition) is 0. The average molecular weight is 286 g/mol. The quantitative estimate of drug-likeness (QED) is 0.679. The van der Waals surface area contributed by atoms with Gasteiger partial charge in [0.15, 0.2) is 0 Å². The number of rotatable bonds is 3. The number of halogens is 1. The first-order valence-corrected chi connectivity index (χ1v) is 7.18. The first kappa shape index (κ1) is 13.1. The Morgan fingerprint density at radius 2 is 2.10 bits per heavy atom. The van der Waals surface area contributed by atoms with Gasteiger partial charge in [-0.15, -0.1) is 11.6 Å². The first-order chi connectivity index (χ1) is 9.70. The van der Waals surface area contributed by atoms with E-state index in [4.69, 9.17) is 11.6 Å². The molecule has 0 fully saturated rings. The molecule has 0 saturated heterocycles. The van der Waals surface area contributed by atoms with E-state index in [1.54, 1.807) is 0 Å². The van der Waals surface area contributed by atoms with Gasteiger partial charge in [-0.1, -0.05) is 12.1 Å². The van der Waals surface area contributed by atoms with Gasteiger partial charge in [-0.2, -0.15) is 0 Å². The van der Waals surface area contributed by atoms with E-state index >= 15 is 0 Å². The molecule has 20 heavy (non-hydrogen) atoms. The summed E-state index contributed by atoms with van der Waals surface area (Å²) in [6.45, 7) is 4.19. The topological polar surface area (TPSA) is 30.7 Å². The minimum absolute atomic E-state index is 0.109. The van der Waals surface area contributed by atoms with Crippen LogP contribution in [0.1, 0.15) is 30.0 Å². The maximum Gasteiger partial charge on any atom is 0.125 e. The number of imidazole rings is 1. The molecule has 0 spiro atoms. The zero-order chi connectivity index (χ0) is 14.1. The van der Waals surface area contributed by atoms with Crippen molar-refractivity contribution in [2.75, 3.05) is 0 Å². The van der Waals surface area contributed by atoms with Gasteiger partial charge in [0.05, 0.1) is 28.6 Å². The molecule has 1 aromatic carbocycles. The average Bonchev–Trinajstić information content (AvgIpc) is 2.84. The molecular formula is C16H16ClN3. The molecule has 0 N–H and O–H groups in total. The van der Waals surface area contributed by atoms with Crippen molar-refractivity contribution in [3.05, 3.63) is 59.7 Å². The summed E-state index contributed by atoms with van der Waals surface area (Å²) in [6.07, 6.45) is 1.81. The molecule has 3 nitrogen and oxygen atoms in total. The number of benzene rings is 1. The van der Waals surface area contributed by atoms with Crippen molar-refractivity contribution < 1.29 is 0 Å². The third-order valence-corrected chi connectivity index (χ3v) is 3.78. The minimum Gasteiger partial charge on any atom is -0.318 e. The molecule has 1 atom stereocenters. The van der Waals surface area contributed by atoms with Crippen molar-refractivity contribution in [1.29, 1.82) is 0 Å². The zero-order valence-corrected chi connectivity index (χ0v) is 12.3. The third-order valence-electron chi connectivity index (χ3n) is 3.54. The molecule has 1 unspecified atom stereocenters. The van der Waals surface area contributed by atoms with Crippen LogP contribution >= 0.6 is 11.6 Å². The second kappa shape index (κ2) is 5.25. The summed E-state index contributed by atoms with van der Waals surface area (Å²) >= 11 is 6.07. The summed E-state index contributed by atoms with van der Waals surface area (Å²) in [6, 6.07) is 12.4. The van der Waals surface area contributed by atoms with Crippen LogP contribution in [0.2, 0.25) is 0 Å². The minimum atomic E-state index is 0.109. The Bertz CT molecular complexity index is 734. The SMILES string of the molecule is Cc1ccc2c(c1)nc(CCl)n2C(C)c1ccccn1. The molecule has 4 heteroatoms. The van der Waals surface area contributed by atoms with Crippen molar-refractivity contribution >= 4 is 22.6 Å². The van der Waals surface area contributed by atoms with Gasteiger partial charge in [0.2, 0.25) is 0 Å². The fourth-order valence-corrected chi connectivity index (χ4v) is 2.73. The molecule has 3 aromatic rings. The predicted molar refractivity (Wildman–Crippen MR) is 82.1 cm³/mol. The van der Waals surface area contributed by atoms with Gasteiger partial charge in [-0.25, -0.2) is 4.98 Å². The van der Waals surface area contributed by atoms with Gasteiger partial charge in [-0.05, 0) is 43.7 Å². The van der Waals surface area contributed by atoms with E-state index in [1.165, 1.54) is 5.56 Å².